The molecule has 1 aliphatic carbocycles. The maximum absolute atomic E-state index is 14.5. The highest BCUT2D eigenvalue weighted by Crippen LogP contribution is 2.39. The van der Waals surface area contributed by atoms with Crippen molar-refractivity contribution in [2.45, 2.75) is 50.9 Å². The number of nitrogens with zero attached hydrogens (tertiary/aromatic N) is 3. The number of halogens is 6. The number of alkyl halides is 3. The van der Waals surface area contributed by atoms with Crippen LogP contribution in [0.5, 0.6) is 0 Å². The van der Waals surface area contributed by atoms with Crippen LogP contribution in [0.15, 0.2) is 24.3 Å². The minimum atomic E-state index is -4.17. The SMILES string of the molecule is Cn1c(Nc2cc(CNC3(C)CC3)c(F)cc2Cl)nc2cc(Cl)c(N3CCC(C(F)(F)F)CC3)cc21. The van der Waals surface area contributed by atoms with E-state index in [4.69, 9.17) is 23.2 Å². The molecular formula is C25H27Cl2F4N5. The van der Waals surface area contributed by atoms with Gasteiger partial charge in [0, 0.05) is 37.8 Å². The second-order valence-electron chi connectivity index (χ2n) is 10.1. The molecule has 5 nitrogen and oxygen atoms in total. The summed E-state index contributed by atoms with van der Waals surface area (Å²) >= 11 is 12.9. The van der Waals surface area contributed by atoms with Crippen molar-refractivity contribution in [3.8, 4) is 0 Å². The van der Waals surface area contributed by atoms with Crippen LogP contribution >= 0.6 is 23.2 Å². The molecule has 2 aliphatic rings. The summed E-state index contributed by atoms with van der Waals surface area (Å²) < 4.78 is 55.5. The van der Waals surface area contributed by atoms with Crippen molar-refractivity contribution in [3.05, 3.63) is 45.7 Å². The van der Waals surface area contributed by atoms with Gasteiger partial charge in [-0.3, -0.25) is 0 Å². The monoisotopic (exact) mass is 543 g/mol. The topological polar surface area (TPSA) is 45.1 Å². The first-order valence-electron chi connectivity index (χ1n) is 11.9. The van der Waals surface area contributed by atoms with Gasteiger partial charge in [-0.05, 0) is 56.9 Å². The van der Waals surface area contributed by atoms with Crippen LogP contribution in [0.1, 0.15) is 38.2 Å². The fourth-order valence-electron chi connectivity index (χ4n) is 4.62. The lowest BCUT2D eigenvalue weighted by Crippen LogP contribution is -2.39. The lowest BCUT2D eigenvalue weighted by Gasteiger charge is -2.34. The third-order valence-corrected chi connectivity index (χ3v) is 7.95. The fraction of sp³-hybridized carbons (Fsp3) is 0.480. The van der Waals surface area contributed by atoms with Crippen molar-refractivity contribution >= 4 is 51.6 Å². The molecule has 5 rings (SSSR count). The summed E-state index contributed by atoms with van der Waals surface area (Å²) in [5.41, 5.74) is 3.16. The Kier molecular flexibility index (Phi) is 6.54. The Morgan fingerprint density at radius 3 is 2.42 bits per heavy atom. The Balaban J connectivity index is 1.38. The average molecular weight is 544 g/mol. The number of aromatic nitrogens is 2. The maximum Gasteiger partial charge on any atom is 0.391 e. The second-order valence-corrected chi connectivity index (χ2v) is 10.9. The van der Waals surface area contributed by atoms with Gasteiger partial charge in [-0.2, -0.15) is 13.2 Å². The van der Waals surface area contributed by atoms with E-state index in [1.54, 1.807) is 12.1 Å². The van der Waals surface area contributed by atoms with E-state index in [9.17, 15) is 17.6 Å². The Hall–Kier alpha value is -2.23. The summed E-state index contributed by atoms with van der Waals surface area (Å²) in [7, 11) is 1.82. The summed E-state index contributed by atoms with van der Waals surface area (Å²) in [6, 6.07) is 6.53. The molecule has 2 aromatic carbocycles. The van der Waals surface area contributed by atoms with Crippen LogP contribution in [0.4, 0.5) is 34.9 Å². The third kappa shape index (κ3) is 5.10. The molecule has 1 saturated heterocycles. The molecule has 0 unspecified atom stereocenters. The summed E-state index contributed by atoms with van der Waals surface area (Å²) in [5.74, 6) is -1.18. The summed E-state index contributed by atoms with van der Waals surface area (Å²) in [6.07, 6.45) is -1.96. The van der Waals surface area contributed by atoms with Gasteiger partial charge in [0.15, 0.2) is 0 Å². The Morgan fingerprint density at radius 1 is 1.08 bits per heavy atom. The molecule has 1 saturated carbocycles. The van der Waals surface area contributed by atoms with Gasteiger partial charge in [-0.1, -0.05) is 23.2 Å². The van der Waals surface area contributed by atoms with Crippen molar-refractivity contribution in [3.63, 3.8) is 0 Å². The predicted octanol–water partition coefficient (Wildman–Crippen LogP) is 7.18. The zero-order valence-electron chi connectivity index (χ0n) is 19.9. The van der Waals surface area contributed by atoms with E-state index in [2.05, 4.69) is 22.5 Å². The van der Waals surface area contributed by atoms with Crippen LogP contribution in [0.25, 0.3) is 11.0 Å². The standard InChI is InChI=1S/C25H27Cl2F4N5/c1-24(5-6-24)32-13-14-9-19(16(26)10-18(14)28)33-23-34-20-11-17(27)21(12-22(20)35(23)2)36-7-3-15(4-8-36)25(29,30)31/h9-12,15,32H,3-8,13H2,1-2H3,(H,33,34). The molecule has 0 amide bonds. The number of aryl methyl sites for hydroxylation is 1. The number of hydrogen-bond donors (Lipinski definition) is 2. The van der Waals surface area contributed by atoms with Crippen molar-refractivity contribution in [2.24, 2.45) is 13.0 Å². The Bertz CT molecular complexity index is 1290. The quantitative estimate of drug-likeness (QED) is 0.323. The largest absolute Gasteiger partial charge is 0.391 e. The van der Waals surface area contributed by atoms with E-state index >= 15 is 0 Å². The number of nitrogens with one attached hydrogen (secondary N) is 2. The van der Waals surface area contributed by atoms with Gasteiger partial charge in [0.2, 0.25) is 5.95 Å². The molecular weight excluding hydrogens is 517 g/mol. The van der Waals surface area contributed by atoms with Gasteiger partial charge in [0.1, 0.15) is 5.82 Å². The first-order valence-corrected chi connectivity index (χ1v) is 12.7. The highest BCUT2D eigenvalue weighted by molar-refractivity contribution is 6.34. The Morgan fingerprint density at radius 2 is 1.78 bits per heavy atom. The third-order valence-electron chi connectivity index (χ3n) is 7.34. The molecule has 3 aromatic rings. The lowest BCUT2D eigenvalue weighted by molar-refractivity contribution is -0.179. The van der Waals surface area contributed by atoms with E-state index in [0.717, 1.165) is 18.4 Å². The van der Waals surface area contributed by atoms with Gasteiger partial charge >= 0.3 is 6.18 Å². The van der Waals surface area contributed by atoms with Crippen LogP contribution in [0, 0.1) is 11.7 Å². The normalized spacial score (nSPS) is 18.2. The molecule has 0 bridgehead atoms. The smallest absolute Gasteiger partial charge is 0.370 e. The van der Waals surface area contributed by atoms with Crippen LogP contribution in [0.2, 0.25) is 10.0 Å². The first kappa shape index (κ1) is 25.4. The van der Waals surface area contributed by atoms with Crippen LogP contribution in [-0.2, 0) is 13.6 Å². The summed E-state index contributed by atoms with van der Waals surface area (Å²) in [5, 5.41) is 7.23. The molecule has 1 aliphatic heterocycles. The van der Waals surface area contributed by atoms with Crippen molar-refractivity contribution in [2.75, 3.05) is 23.3 Å². The molecule has 0 radical (unpaired) electrons. The van der Waals surface area contributed by atoms with E-state index in [1.807, 2.05) is 22.6 Å². The molecule has 2 fully saturated rings. The zero-order valence-corrected chi connectivity index (χ0v) is 21.5. The highest BCUT2D eigenvalue weighted by atomic mass is 35.5. The van der Waals surface area contributed by atoms with E-state index in [-0.39, 0.29) is 42.3 Å². The summed E-state index contributed by atoms with van der Waals surface area (Å²) in [4.78, 5) is 6.51. The van der Waals surface area contributed by atoms with Crippen LogP contribution < -0.4 is 15.5 Å². The highest BCUT2D eigenvalue weighted by Gasteiger charge is 2.41. The lowest BCUT2D eigenvalue weighted by atomic mass is 9.96. The molecule has 2 N–H and O–H groups in total. The molecule has 0 spiro atoms. The van der Waals surface area contributed by atoms with E-state index in [1.165, 1.54) is 6.07 Å². The molecule has 0 atom stereocenters. The minimum absolute atomic E-state index is 0.0372. The molecule has 36 heavy (non-hydrogen) atoms. The van der Waals surface area contributed by atoms with Crippen LogP contribution in [0.3, 0.4) is 0 Å². The van der Waals surface area contributed by atoms with Gasteiger partial charge in [0.25, 0.3) is 0 Å². The van der Waals surface area contributed by atoms with Crippen molar-refractivity contribution in [1.82, 2.24) is 14.9 Å². The van der Waals surface area contributed by atoms with Gasteiger partial charge < -0.3 is 20.1 Å². The number of imidazole rings is 1. The first-order chi connectivity index (χ1) is 16.9. The van der Waals surface area contributed by atoms with Crippen molar-refractivity contribution in [1.29, 1.82) is 0 Å². The van der Waals surface area contributed by atoms with Crippen LogP contribution in [-0.4, -0.2) is 34.4 Å². The number of anilines is 3. The number of benzene rings is 2. The number of fused-ring (bicyclic) bond motifs is 1. The number of piperidine rings is 1. The summed E-state index contributed by atoms with van der Waals surface area (Å²) in [6.45, 7) is 3.05. The Labute approximate surface area is 216 Å². The van der Waals surface area contributed by atoms with Gasteiger partial charge in [0.05, 0.1) is 38.4 Å². The van der Waals surface area contributed by atoms with Gasteiger partial charge in [-0.15, -0.1) is 0 Å². The van der Waals surface area contributed by atoms with E-state index < -0.39 is 12.1 Å². The molecule has 11 heteroatoms. The van der Waals surface area contributed by atoms with Crippen molar-refractivity contribution < 1.29 is 17.6 Å². The van der Waals surface area contributed by atoms with Gasteiger partial charge in [-0.25, -0.2) is 9.37 Å². The second kappa shape index (κ2) is 9.26. The number of rotatable bonds is 6. The van der Waals surface area contributed by atoms with E-state index in [0.29, 0.717) is 40.0 Å². The maximum atomic E-state index is 14.5. The fourth-order valence-corrected chi connectivity index (χ4v) is 5.10. The average Bonchev–Trinajstić information content (AvgIpc) is 3.48. The number of hydrogen-bond acceptors (Lipinski definition) is 4. The molecule has 1 aromatic heterocycles. The minimum Gasteiger partial charge on any atom is -0.370 e. The molecule has 2 heterocycles. The molecule has 194 valence electrons. The zero-order chi connectivity index (χ0) is 25.8. The predicted molar refractivity (Wildman–Crippen MR) is 136 cm³/mol.